The van der Waals surface area contributed by atoms with E-state index in [-0.39, 0.29) is 0 Å². The van der Waals surface area contributed by atoms with Gasteiger partial charge in [0, 0.05) is 426 Å². The second-order valence-corrected chi connectivity index (χ2v) is 11.0. The monoisotopic (exact) mass is 1080 g/mol. The molecule has 0 aliphatic carbocycles. The normalized spacial score (nSPS) is 3.93. The summed E-state index contributed by atoms with van der Waals surface area (Å²) in [5.41, 5.74) is 0. The van der Waals surface area contributed by atoms with E-state index >= 15 is 0 Å². The molecule has 0 aromatic rings. The van der Waals surface area contributed by atoms with Crippen LogP contribution >= 0.6 is 0 Å². The largest absolute Gasteiger partial charge is 0.106 e. The molecule has 0 bridgehead atoms. The van der Waals surface area contributed by atoms with E-state index in [0.29, 0.717) is 0 Å². The van der Waals surface area contributed by atoms with Gasteiger partial charge >= 0.3 is 0 Å². The zero-order valence-electron chi connectivity index (χ0n) is 45.2. The van der Waals surface area contributed by atoms with Crippen molar-refractivity contribution in [3.8, 4) is 534 Å². The van der Waals surface area contributed by atoms with Crippen molar-refractivity contribution in [1.82, 2.24) is 0 Å². The predicted octanol–water partition coefficient (Wildman–Crippen LogP) is 0.399. The molecule has 0 rings (SSSR count). The summed E-state index contributed by atoms with van der Waals surface area (Å²) in [7, 11) is 0. The van der Waals surface area contributed by atoms with E-state index in [1.54, 1.807) is 0 Å². The molecule has 0 nitrogen and oxygen atoms in total. The van der Waals surface area contributed by atoms with Gasteiger partial charge in [0.1, 0.15) is 0 Å². The third-order valence-corrected chi connectivity index (χ3v) is 5.46. The Morgan fingerprint density at radius 3 is 0.122 bits per heavy atom. The molecule has 0 heteroatoms. The molecular formula is C90H2. The Morgan fingerprint density at radius 2 is 0.0889 bits per heavy atom. The lowest BCUT2D eigenvalue weighted by atomic mass is 10.4. The van der Waals surface area contributed by atoms with Gasteiger partial charge in [0.15, 0.2) is 0 Å². The van der Waals surface area contributed by atoms with E-state index < -0.39 is 0 Å². The minimum absolute atomic E-state index is 2.12. The van der Waals surface area contributed by atoms with Crippen molar-refractivity contribution in [3.63, 3.8) is 0 Å². The number of terminal acetylenes is 2. The maximum Gasteiger partial charge on any atom is 0 e. The zero-order valence-corrected chi connectivity index (χ0v) is 45.2. The molecule has 0 aliphatic rings. The smallest absolute Gasteiger partial charge is 0 e. The summed E-state index contributed by atoms with van der Waals surface area (Å²) in [4.78, 5) is 0. The summed E-state index contributed by atoms with van der Waals surface area (Å²) in [6.07, 6.45) is 9.90. The fourth-order valence-corrected chi connectivity index (χ4v) is 2.70. The number of hydrogen-bond donors (Lipinski definition) is 0. The Labute approximate surface area is 530 Å². The summed E-state index contributed by atoms with van der Waals surface area (Å²) in [6, 6.07) is 0. The molecule has 0 radical (unpaired) electrons. The lowest BCUT2D eigenvalue weighted by Gasteiger charge is -1.58. The molecule has 0 fully saturated rings. The molecule has 0 aliphatic heterocycles. The van der Waals surface area contributed by atoms with Crippen LogP contribution in [0.5, 0.6) is 0 Å². The van der Waals surface area contributed by atoms with Gasteiger partial charge in [-0.1, -0.05) is 0 Å². The van der Waals surface area contributed by atoms with Gasteiger partial charge in [0.25, 0.3) is 0 Å². The van der Waals surface area contributed by atoms with E-state index in [1.165, 1.54) is 0 Å². The highest BCUT2D eigenvalue weighted by molar-refractivity contribution is 5.55. The Hall–Kier alpha value is -19.8. The molecule has 0 saturated carbocycles. The lowest BCUT2D eigenvalue weighted by Crippen LogP contribution is -1.57. The van der Waals surface area contributed by atoms with E-state index in [9.17, 15) is 0 Å². The van der Waals surface area contributed by atoms with Crippen LogP contribution in [-0.4, -0.2) is 0 Å². The van der Waals surface area contributed by atoms with Crippen molar-refractivity contribution in [3.05, 3.63) is 0 Å². The van der Waals surface area contributed by atoms with Crippen molar-refractivity contribution in [1.29, 1.82) is 0 Å². The van der Waals surface area contributed by atoms with Gasteiger partial charge in [-0.15, -0.1) is 12.8 Å². The average molecular weight is 1080 g/mol. The van der Waals surface area contributed by atoms with Crippen LogP contribution in [-0.2, 0) is 0 Å². The predicted molar refractivity (Wildman–Crippen MR) is 352 cm³/mol. The van der Waals surface area contributed by atoms with Crippen molar-refractivity contribution in [2.45, 2.75) is 0 Å². The molecule has 0 N–H and O–H groups in total. The molecule has 0 amide bonds. The highest BCUT2D eigenvalue weighted by Crippen LogP contribution is 1.66. The molecule has 0 unspecified atom stereocenters. The van der Waals surface area contributed by atoms with Crippen LogP contribution in [0.3, 0.4) is 0 Å². The summed E-state index contributed by atoms with van der Waals surface area (Å²) >= 11 is 0. The van der Waals surface area contributed by atoms with Crippen LogP contribution < -0.4 is 0 Å². The highest BCUT2D eigenvalue weighted by atomic mass is 13.7. The topological polar surface area (TPSA) is 0 Å². The minimum atomic E-state index is 2.12. The fourth-order valence-electron chi connectivity index (χ4n) is 2.70. The molecule has 0 atom stereocenters. The first-order valence-corrected chi connectivity index (χ1v) is 22.3. The van der Waals surface area contributed by atoms with Gasteiger partial charge in [-0.2, -0.15) is 0 Å². The first-order valence-electron chi connectivity index (χ1n) is 22.3. The van der Waals surface area contributed by atoms with Crippen LogP contribution in [0.2, 0.25) is 0 Å². The Morgan fingerprint density at radius 1 is 0.0556 bits per heavy atom. The van der Waals surface area contributed by atoms with Gasteiger partial charge in [-0.3, -0.25) is 0 Å². The van der Waals surface area contributed by atoms with Crippen LogP contribution in [0.25, 0.3) is 0 Å². The molecule has 0 heterocycles. The van der Waals surface area contributed by atoms with Crippen molar-refractivity contribution < 1.29 is 0 Å². The third-order valence-electron chi connectivity index (χ3n) is 5.46. The zero-order chi connectivity index (χ0) is 64.2. The maximum atomic E-state index is 4.95. The quantitative estimate of drug-likeness (QED) is 0.309. The van der Waals surface area contributed by atoms with Crippen molar-refractivity contribution in [2.75, 3.05) is 0 Å². The first-order chi connectivity index (χ1) is 44.9. The second-order valence-electron chi connectivity index (χ2n) is 11.0. The van der Waals surface area contributed by atoms with E-state index in [2.05, 4.69) is 521 Å². The second kappa shape index (κ2) is 69.2. The summed E-state index contributed by atoms with van der Waals surface area (Å²) in [5.74, 6) is 218. The lowest BCUT2D eigenvalue weighted by molar-refractivity contribution is 2.31. The molecule has 0 saturated heterocycles. The molecule has 90 heavy (non-hydrogen) atoms. The molecule has 0 aromatic carbocycles. The van der Waals surface area contributed by atoms with Gasteiger partial charge in [-0.05, 0) is 94.7 Å². The molecule has 0 aromatic heterocycles. The standard InChI is InChI=1S/C90H2/c1-3-5-7-9-11-13-15-17-19-21-23-25-27-29-31-33-35-37-39-41-43-45-47-49-51-53-55-57-59-61-63-65-67-69-71-73-75-77-79-81-83-85-87-89-90-88-86-84-82-80-78-76-74-72-70-68-66-64-62-60-58-56-54-52-50-48-46-44-42-40-38-36-34-32-30-28-26-24-22-20-18-16-14-12-10-8-6-4-2/h1-2H. The minimum Gasteiger partial charge on any atom is -0.106 e. The van der Waals surface area contributed by atoms with Gasteiger partial charge in [-0.25, -0.2) is 0 Å². The van der Waals surface area contributed by atoms with E-state index in [1.807, 2.05) is 0 Å². The van der Waals surface area contributed by atoms with Crippen LogP contribution in [0.4, 0.5) is 0 Å². The maximum absolute atomic E-state index is 4.95. The fraction of sp³-hybridized carbons (Fsp3) is 0. The van der Waals surface area contributed by atoms with Gasteiger partial charge in [0.05, 0.1) is 0 Å². The summed E-state index contributed by atoms with van der Waals surface area (Å²) < 4.78 is 0. The van der Waals surface area contributed by atoms with E-state index in [4.69, 9.17) is 12.8 Å². The first kappa shape index (κ1) is 70.2. The van der Waals surface area contributed by atoms with Gasteiger partial charge in [0.2, 0.25) is 0 Å². The Balaban J connectivity index is 4.63. The van der Waals surface area contributed by atoms with Crippen molar-refractivity contribution in [2.24, 2.45) is 0 Å². The van der Waals surface area contributed by atoms with Crippen LogP contribution in [0, 0.1) is 534 Å². The third kappa shape index (κ3) is 68.2. The summed E-state index contributed by atoms with van der Waals surface area (Å²) in [6.45, 7) is 0. The Bertz CT molecular complexity index is 5870. The van der Waals surface area contributed by atoms with E-state index in [0.717, 1.165) is 0 Å². The number of rotatable bonds is 0. The average Bonchev–Trinajstić information content (AvgIpc) is 3.55. The SMILES string of the molecule is C#CC#CC#CC#CC#CC#CC#CC#CC#CC#CC#CC#CC#CC#CC#CC#CC#CC#CC#CC#CC#CC#CC#CC#CC#CC#CC#CC#CC#CC#CC#CC#CC#CC#CC#CC#CC#CC#CC#CC#CC#CC#CC#CC#CC#C. The summed E-state index contributed by atoms with van der Waals surface area (Å²) in [5, 5.41) is 0. The Kier molecular flexibility index (Phi) is 54.0. The van der Waals surface area contributed by atoms with Crippen molar-refractivity contribution >= 4 is 0 Å². The number of hydrogen-bond acceptors (Lipinski definition) is 0. The van der Waals surface area contributed by atoms with Crippen LogP contribution in [0.1, 0.15) is 0 Å². The van der Waals surface area contributed by atoms with Gasteiger partial charge < -0.3 is 0 Å². The highest BCUT2D eigenvalue weighted by Gasteiger charge is 1.66. The molecular weight excluding hydrogens is 1080 g/mol. The molecule has 0 spiro atoms. The van der Waals surface area contributed by atoms with Crippen LogP contribution in [0.15, 0.2) is 0 Å². The molecule has 362 valence electrons.